The standard InChI is InChI=1S/C17H18ClN3O2/c18-14-9-22-15-7-12(1-2-13(14)15)19-16-8-17(23-20-16)10-21-5-3-11(17)4-6-21/h1-2,7,9,11H,3-6,8,10H2,(H,19,20)/t17-/m0/s1. The first-order chi connectivity index (χ1) is 11.2. The van der Waals surface area contributed by atoms with Crippen molar-refractivity contribution < 1.29 is 9.25 Å². The van der Waals surface area contributed by atoms with E-state index in [0.717, 1.165) is 35.5 Å². The predicted molar refractivity (Wildman–Crippen MR) is 89.9 cm³/mol. The number of fused-ring (bicyclic) bond motifs is 3. The lowest BCUT2D eigenvalue weighted by Crippen LogP contribution is -2.59. The van der Waals surface area contributed by atoms with E-state index in [1.807, 2.05) is 18.2 Å². The molecular weight excluding hydrogens is 314 g/mol. The fourth-order valence-electron chi connectivity index (χ4n) is 4.23. The average molecular weight is 332 g/mol. The molecule has 1 aromatic carbocycles. The third-order valence-electron chi connectivity index (χ3n) is 5.44. The van der Waals surface area contributed by atoms with Gasteiger partial charge in [0.2, 0.25) is 0 Å². The summed E-state index contributed by atoms with van der Waals surface area (Å²) in [7, 11) is 0. The second-order valence-corrected chi connectivity index (χ2v) is 7.25. The van der Waals surface area contributed by atoms with E-state index in [1.165, 1.54) is 25.9 Å². The van der Waals surface area contributed by atoms with Crippen molar-refractivity contribution in [2.45, 2.75) is 24.9 Å². The van der Waals surface area contributed by atoms with Crippen molar-refractivity contribution in [3.63, 3.8) is 0 Å². The summed E-state index contributed by atoms with van der Waals surface area (Å²) < 4.78 is 5.45. The van der Waals surface area contributed by atoms with E-state index in [2.05, 4.69) is 15.4 Å². The van der Waals surface area contributed by atoms with E-state index >= 15 is 0 Å². The van der Waals surface area contributed by atoms with Crippen LogP contribution in [0, 0.1) is 5.92 Å². The Kier molecular flexibility index (Phi) is 2.91. The van der Waals surface area contributed by atoms with E-state index in [1.54, 1.807) is 6.26 Å². The van der Waals surface area contributed by atoms with Gasteiger partial charge in [-0.15, -0.1) is 0 Å². The Hall–Kier alpha value is -1.72. The minimum absolute atomic E-state index is 0.114. The maximum Gasteiger partial charge on any atom is 0.160 e. The van der Waals surface area contributed by atoms with Crippen LogP contribution in [0.1, 0.15) is 19.3 Å². The van der Waals surface area contributed by atoms with Gasteiger partial charge in [-0.3, -0.25) is 4.90 Å². The number of rotatable bonds is 1. The van der Waals surface area contributed by atoms with Crippen LogP contribution in [0.15, 0.2) is 34.0 Å². The lowest BCUT2D eigenvalue weighted by Gasteiger charge is -2.49. The first kappa shape index (κ1) is 13.7. The number of benzene rings is 1. The number of nitrogens with one attached hydrogen (secondary N) is 1. The molecule has 0 aliphatic carbocycles. The first-order valence-electron chi connectivity index (χ1n) is 8.13. The van der Waals surface area contributed by atoms with Crippen LogP contribution in [0.4, 0.5) is 5.69 Å². The molecule has 0 radical (unpaired) electrons. The molecule has 4 aliphatic heterocycles. The lowest BCUT2D eigenvalue weighted by molar-refractivity contribution is -0.136. The van der Waals surface area contributed by atoms with Crippen molar-refractivity contribution in [1.82, 2.24) is 4.90 Å². The summed E-state index contributed by atoms with van der Waals surface area (Å²) in [5.41, 5.74) is 1.61. The first-order valence-corrected chi connectivity index (χ1v) is 8.51. The van der Waals surface area contributed by atoms with Crippen LogP contribution < -0.4 is 5.32 Å². The van der Waals surface area contributed by atoms with Gasteiger partial charge < -0.3 is 14.6 Å². The molecule has 2 bridgehead atoms. The molecular formula is C17H18ClN3O2. The Labute approximate surface area is 139 Å². The fraction of sp³-hybridized carbons (Fsp3) is 0.471. The summed E-state index contributed by atoms with van der Waals surface area (Å²) in [6.07, 6.45) is 4.86. The summed E-state index contributed by atoms with van der Waals surface area (Å²) in [5, 5.41) is 9.28. The Bertz CT molecular complexity index is 794. The van der Waals surface area contributed by atoms with Crippen molar-refractivity contribution in [1.29, 1.82) is 0 Å². The molecule has 1 aromatic heterocycles. The van der Waals surface area contributed by atoms with Crippen molar-refractivity contribution in [2.75, 3.05) is 25.0 Å². The van der Waals surface area contributed by atoms with E-state index in [4.69, 9.17) is 20.9 Å². The number of nitrogens with zero attached hydrogens (tertiary/aromatic N) is 2. The molecule has 5 nitrogen and oxygen atoms in total. The SMILES string of the molecule is Clc1coc2cc(NC3=NO[C@@]4(C3)CN3CCC4CC3)ccc12. The molecule has 3 saturated heterocycles. The summed E-state index contributed by atoms with van der Waals surface area (Å²) in [4.78, 5) is 8.43. The molecule has 6 rings (SSSR count). The summed E-state index contributed by atoms with van der Waals surface area (Å²) >= 11 is 6.07. The maximum absolute atomic E-state index is 6.07. The maximum atomic E-state index is 6.07. The third-order valence-corrected chi connectivity index (χ3v) is 5.74. The highest BCUT2D eigenvalue weighted by Gasteiger charge is 2.52. The topological polar surface area (TPSA) is 50.0 Å². The van der Waals surface area contributed by atoms with Crippen molar-refractivity contribution >= 4 is 34.1 Å². The molecule has 5 heterocycles. The Morgan fingerprint density at radius 3 is 2.96 bits per heavy atom. The number of piperidine rings is 3. The largest absolute Gasteiger partial charge is 0.463 e. The minimum atomic E-state index is -0.114. The number of halogens is 1. The molecule has 23 heavy (non-hydrogen) atoms. The van der Waals surface area contributed by atoms with Gasteiger partial charge in [0.15, 0.2) is 11.4 Å². The average Bonchev–Trinajstić information content (AvgIpc) is 3.13. The monoisotopic (exact) mass is 331 g/mol. The molecule has 120 valence electrons. The van der Waals surface area contributed by atoms with Gasteiger partial charge in [-0.05, 0) is 38.1 Å². The summed E-state index contributed by atoms with van der Waals surface area (Å²) in [6.45, 7) is 3.40. The predicted octanol–water partition coefficient (Wildman–Crippen LogP) is 3.70. The lowest BCUT2D eigenvalue weighted by atomic mass is 9.73. The van der Waals surface area contributed by atoms with Crippen LogP contribution >= 0.6 is 11.6 Å². The van der Waals surface area contributed by atoms with Crippen molar-refractivity contribution in [2.24, 2.45) is 11.1 Å². The third kappa shape index (κ3) is 2.14. The van der Waals surface area contributed by atoms with Crippen LogP contribution in [0.3, 0.4) is 0 Å². The Morgan fingerprint density at radius 2 is 2.17 bits per heavy atom. The molecule has 6 heteroatoms. The van der Waals surface area contributed by atoms with Crippen LogP contribution in [0.2, 0.25) is 5.02 Å². The number of oxime groups is 1. The molecule has 1 atom stereocenters. The molecule has 3 fully saturated rings. The minimum Gasteiger partial charge on any atom is -0.463 e. The van der Waals surface area contributed by atoms with E-state index in [9.17, 15) is 0 Å². The Balaban J connectivity index is 1.35. The molecule has 2 aromatic rings. The van der Waals surface area contributed by atoms with Crippen molar-refractivity contribution in [3.05, 3.63) is 29.5 Å². The molecule has 0 amide bonds. The quantitative estimate of drug-likeness (QED) is 0.865. The van der Waals surface area contributed by atoms with Gasteiger partial charge in [0, 0.05) is 29.6 Å². The van der Waals surface area contributed by atoms with Gasteiger partial charge in [0.25, 0.3) is 0 Å². The molecule has 0 saturated carbocycles. The smallest absolute Gasteiger partial charge is 0.160 e. The second kappa shape index (κ2) is 4.89. The molecule has 0 unspecified atom stereocenters. The molecule has 1 N–H and O–H groups in total. The van der Waals surface area contributed by atoms with Gasteiger partial charge in [0.05, 0.1) is 11.4 Å². The number of hydrogen-bond donors (Lipinski definition) is 1. The zero-order valence-electron chi connectivity index (χ0n) is 12.7. The highest BCUT2D eigenvalue weighted by Crippen LogP contribution is 2.43. The van der Waals surface area contributed by atoms with Crippen LogP contribution in [-0.4, -0.2) is 36.0 Å². The number of hydrogen-bond acceptors (Lipinski definition) is 5. The number of anilines is 1. The zero-order valence-corrected chi connectivity index (χ0v) is 13.5. The van der Waals surface area contributed by atoms with Gasteiger partial charge >= 0.3 is 0 Å². The summed E-state index contributed by atoms with van der Waals surface area (Å²) in [6, 6.07) is 5.91. The Morgan fingerprint density at radius 1 is 1.30 bits per heavy atom. The normalized spacial score (nSPS) is 32.3. The highest BCUT2D eigenvalue weighted by atomic mass is 35.5. The number of amidine groups is 1. The van der Waals surface area contributed by atoms with E-state index < -0.39 is 0 Å². The van der Waals surface area contributed by atoms with Crippen LogP contribution in [0.5, 0.6) is 0 Å². The van der Waals surface area contributed by atoms with E-state index in [-0.39, 0.29) is 5.60 Å². The van der Waals surface area contributed by atoms with Crippen molar-refractivity contribution in [3.8, 4) is 0 Å². The van der Waals surface area contributed by atoms with Crippen LogP contribution in [-0.2, 0) is 4.84 Å². The highest BCUT2D eigenvalue weighted by molar-refractivity contribution is 6.35. The number of furan rings is 1. The summed E-state index contributed by atoms with van der Waals surface area (Å²) in [5.74, 6) is 1.53. The molecule has 4 aliphatic rings. The van der Waals surface area contributed by atoms with Gasteiger partial charge in [-0.25, -0.2) is 0 Å². The zero-order chi connectivity index (χ0) is 15.4. The fourth-order valence-corrected chi connectivity index (χ4v) is 4.43. The molecule has 1 spiro atoms. The van der Waals surface area contributed by atoms with E-state index in [0.29, 0.717) is 10.9 Å². The van der Waals surface area contributed by atoms with Gasteiger partial charge in [-0.2, -0.15) is 0 Å². The van der Waals surface area contributed by atoms with Gasteiger partial charge in [-0.1, -0.05) is 16.8 Å². The van der Waals surface area contributed by atoms with Crippen LogP contribution in [0.25, 0.3) is 11.0 Å². The second-order valence-electron chi connectivity index (χ2n) is 6.84. The van der Waals surface area contributed by atoms with Gasteiger partial charge in [0.1, 0.15) is 11.8 Å².